The highest BCUT2D eigenvalue weighted by Crippen LogP contribution is 2.30. The Balaban J connectivity index is 7.42. The third kappa shape index (κ3) is 21.4. The van der Waals surface area contributed by atoms with Crippen LogP contribution in [0.25, 0.3) is 0 Å². The van der Waals surface area contributed by atoms with Crippen molar-refractivity contribution in [1.82, 2.24) is 0 Å². The van der Waals surface area contributed by atoms with E-state index in [4.69, 9.17) is 27.9 Å². The summed E-state index contributed by atoms with van der Waals surface area (Å²) in [6, 6.07) is 0. The quantitative estimate of drug-likeness (QED) is 0.0240. The van der Waals surface area contributed by atoms with Gasteiger partial charge in [-0.05, 0) is 34.6 Å². The van der Waals surface area contributed by atoms with E-state index in [1.165, 1.54) is 13.8 Å². The Kier molecular flexibility index (Phi) is 22.6. The molecule has 0 spiro atoms. The van der Waals surface area contributed by atoms with Crippen LogP contribution in [-0.2, 0) is 92.3 Å². The lowest BCUT2D eigenvalue weighted by Gasteiger charge is -2.33. The van der Waals surface area contributed by atoms with E-state index in [9.17, 15) is 71.3 Å². The molecule has 0 rings (SSSR count). The molecule has 0 heterocycles. The molecule has 0 aliphatic carbocycles. The molecule has 3 N–H and O–H groups in total. The van der Waals surface area contributed by atoms with Gasteiger partial charge < -0.3 is 23.7 Å². The summed E-state index contributed by atoms with van der Waals surface area (Å²) in [5.74, 6) is -7.23. The van der Waals surface area contributed by atoms with E-state index in [0.29, 0.717) is 0 Å². The molecule has 0 aromatic heterocycles. The Morgan fingerprint density at radius 1 is 0.459 bits per heavy atom. The minimum atomic E-state index is -5.77. The largest absolute Gasteiger partial charge is 0.462 e. The maximum Gasteiger partial charge on any atom is 0.333 e. The van der Waals surface area contributed by atoms with Gasteiger partial charge in [0.25, 0.3) is 40.5 Å². The summed E-state index contributed by atoms with van der Waals surface area (Å²) in [6.45, 7) is 20.8. The summed E-state index contributed by atoms with van der Waals surface area (Å²) in [5, 5.41) is -7.79. The molecule has 6 unspecified atom stereocenters. The average molecular weight is 953 g/mol. The first-order chi connectivity index (χ1) is 27.6. The third-order valence-corrected chi connectivity index (χ3v) is 13.0. The van der Waals surface area contributed by atoms with Crippen molar-refractivity contribution >= 4 is 70.3 Å². The minimum Gasteiger partial charge on any atom is -0.462 e. The van der Waals surface area contributed by atoms with Crippen LogP contribution in [0.3, 0.4) is 0 Å². The molecule has 0 aliphatic heterocycles. The van der Waals surface area contributed by atoms with E-state index in [1.807, 2.05) is 0 Å². The number of rotatable bonds is 29. The highest BCUT2D eigenvalue weighted by atomic mass is 32.2. The fourth-order valence-corrected chi connectivity index (χ4v) is 8.69. The van der Waals surface area contributed by atoms with Gasteiger partial charge in [0.15, 0.2) is 0 Å². The van der Waals surface area contributed by atoms with Crippen molar-refractivity contribution in [3.8, 4) is 0 Å². The van der Waals surface area contributed by atoms with Crippen LogP contribution in [0.4, 0.5) is 0 Å². The molecule has 0 amide bonds. The van der Waals surface area contributed by atoms with E-state index in [-0.39, 0.29) is 24.2 Å². The maximum atomic E-state index is 13.1. The van der Waals surface area contributed by atoms with Gasteiger partial charge in [0.2, 0.25) is 0 Å². The lowest BCUT2D eigenvalue weighted by Crippen LogP contribution is -2.49. The zero-order chi connectivity index (χ0) is 47.8. The van der Waals surface area contributed by atoms with Crippen molar-refractivity contribution in [3.63, 3.8) is 0 Å². The van der Waals surface area contributed by atoms with Crippen molar-refractivity contribution in [2.45, 2.75) is 101 Å². The zero-order valence-corrected chi connectivity index (χ0v) is 37.4. The number of carbonyl (C=O) groups is 5. The monoisotopic (exact) mass is 952 g/mol. The van der Waals surface area contributed by atoms with Crippen molar-refractivity contribution in [2.24, 2.45) is 0 Å². The molecule has 0 bridgehead atoms. The summed E-state index contributed by atoms with van der Waals surface area (Å²) >= 11 is 0. The molecule has 0 saturated carbocycles. The second-order valence-corrected chi connectivity index (χ2v) is 20.3. The number of hydrogen-bond donors (Lipinski definition) is 3. The van der Waals surface area contributed by atoms with Gasteiger partial charge in [0, 0.05) is 60.0 Å². The standard InChI is InChI=1S/C35H52O22S4/c1-20(2)31(36)52-14-11-15-54-58(41,42)17-13-25(55-33(38)22(5)6)29(60(46,47)48)19-27(57-35(40)24(9)10)30(61(49,50)51)18-26(56-34(39)23(7)8)28(59(43,44)45)12-16-53-32(37)21(3)4/h25-30H,1,3,5,7,9,11-19H2,2,4,6,8,10H3,(H,43,44,45)(H,46,47,48)(H,49,50,51). The first-order valence-electron chi connectivity index (χ1n) is 17.6. The van der Waals surface area contributed by atoms with Crippen molar-refractivity contribution in [1.29, 1.82) is 0 Å². The summed E-state index contributed by atoms with van der Waals surface area (Å²) in [7, 11) is -21.5. The molecule has 348 valence electrons. The zero-order valence-electron chi connectivity index (χ0n) is 34.1. The smallest absolute Gasteiger partial charge is 0.333 e. The molecule has 0 radical (unpaired) electrons. The Morgan fingerprint density at radius 2 is 0.787 bits per heavy atom. The molecule has 0 aromatic rings. The van der Waals surface area contributed by atoms with Gasteiger partial charge in [-0.15, -0.1) is 0 Å². The topological polar surface area (TPSA) is 338 Å². The van der Waals surface area contributed by atoms with Gasteiger partial charge in [-0.3, -0.25) is 17.8 Å². The summed E-state index contributed by atoms with van der Waals surface area (Å²) in [5.41, 5.74) is -1.38. The predicted octanol–water partition coefficient (Wildman–Crippen LogP) is 1.75. The Bertz CT molecular complexity index is 2150. The van der Waals surface area contributed by atoms with Crippen LogP contribution in [0.1, 0.15) is 66.7 Å². The van der Waals surface area contributed by atoms with Crippen LogP contribution in [0.15, 0.2) is 60.8 Å². The van der Waals surface area contributed by atoms with Gasteiger partial charge in [-0.25, -0.2) is 24.0 Å². The molecule has 0 fully saturated rings. The van der Waals surface area contributed by atoms with E-state index in [0.717, 1.165) is 20.8 Å². The SMILES string of the molecule is C=C(C)C(=O)OCCCOS(=O)(=O)CCC(OC(=O)C(=C)C)C(CC(OC(=O)C(=C)C)C(CC(OC(=O)C(=C)C)C(CCOC(=O)C(=C)C)S(=O)(=O)O)S(=O)(=O)O)S(=O)(=O)O. The lowest BCUT2D eigenvalue weighted by atomic mass is 9.99. The Morgan fingerprint density at radius 3 is 1.15 bits per heavy atom. The number of esters is 5. The summed E-state index contributed by atoms with van der Waals surface area (Å²) < 4.78 is 164. The predicted molar refractivity (Wildman–Crippen MR) is 214 cm³/mol. The molecule has 0 aliphatic rings. The van der Waals surface area contributed by atoms with Gasteiger partial charge in [-0.2, -0.15) is 33.7 Å². The summed E-state index contributed by atoms with van der Waals surface area (Å²) in [6.07, 6.45) is -12.3. The van der Waals surface area contributed by atoms with E-state index >= 15 is 0 Å². The minimum absolute atomic E-state index is 0.0592. The van der Waals surface area contributed by atoms with Crippen LogP contribution in [-0.4, -0.2) is 137 Å². The fraction of sp³-hybridized carbons (Fsp3) is 0.571. The van der Waals surface area contributed by atoms with Crippen LogP contribution >= 0.6 is 0 Å². The van der Waals surface area contributed by atoms with Gasteiger partial charge >= 0.3 is 29.8 Å². The second-order valence-electron chi connectivity index (χ2n) is 13.7. The second kappa shape index (κ2) is 24.4. The molecule has 26 heteroatoms. The molecule has 22 nitrogen and oxygen atoms in total. The van der Waals surface area contributed by atoms with Crippen LogP contribution < -0.4 is 0 Å². The normalized spacial score (nSPS) is 15.0. The molecular weight excluding hydrogens is 901 g/mol. The molecule has 6 atom stereocenters. The van der Waals surface area contributed by atoms with Crippen molar-refractivity contribution < 1.29 is 99.2 Å². The van der Waals surface area contributed by atoms with Crippen LogP contribution in [0.2, 0.25) is 0 Å². The Hall–Kier alpha value is -4.31. The molecule has 0 saturated heterocycles. The van der Waals surface area contributed by atoms with Crippen molar-refractivity contribution in [2.75, 3.05) is 25.6 Å². The van der Waals surface area contributed by atoms with Crippen LogP contribution in [0, 0.1) is 0 Å². The Labute approximate surface area is 355 Å². The van der Waals surface area contributed by atoms with Crippen LogP contribution in [0.5, 0.6) is 0 Å². The van der Waals surface area contributed by atoms with E-state index in [1.54, 1.807) is 0 Å². The molecular formula is C35H52O22S4. The highest BCUT2D eigenvalue weighted by molar-refractivity contribution is 7.87. The van der Waals surface area contributed by atoms with Gasteiger partial charge in [0.05, 0.1) is 25.6 Å². The van der Waals surface area contributed by atoms with E-state index < -0.39 is 166 Å². The number of ether oxygens (including phenoxy) is 5. The van der Waals surface area contributed by atoms with Gasteiger partial charge in [-0.1, -0.05) is 32.9 Å². The third-order valence-electron chi connectivity index (χ3n) is 7.91. The fourth-order valence-electron chi connectivity index (χ4n) is 4.74. The lowest BCUT2D eigenvalue weighted by molar-refractivity contribution is -0.150. The van der Waals surface area contributed by atoms with E-state index in [2.05, 4.69) is 32.9 Å². The van der Waals surface area contributed by atoms with Crippen molar-refractivity contribution in [3.05, 3.63) is 60.8 Å². The number of carbonyl (C=O) groups excluding carboxylic acids is 5. The first kappa shape index (κ1) is 56.7. The first-order valence-corrected chi connectivity index (χ1v) is 23.7. The summed E-state index contributed by atoms with van der Waals surface area (Å²) in [4.78, 5) is 61.8. The maximum absolute atomic E-state index is 13.1. The number of hydrogen-bond acceptors (Lipinski definition) is 19. The molecule has 61 heavy (non-hydrogen) atoms. The average Bonchev–Trinajstić information content (AvgIpc) is 3.09. The molecule has 0 aromatic carbocycles. The van der Waals surface area contributed by atoms with Gasteiger partial charge in [0.1, 0.15) is 34.1 Å². The highest BCUT2D eigenvalue weighted by Gasteiger charge is 2.47.